The highest BCUT2D eigenvalue weighted by Gasteiger charge is 2.32. The quantitative estimate of drug-likeness (QED) is 0.533. The number of ether oxygens (including phenoxy) is 1. The fraction of sp³-hybridized carbons (Fsp3) is 0.261. The second-order valence-electron chi connectivity index (χ2n) is 7.68. The highest BCUT2D eigenvalue weighted by Crippen LogP contribution is 2.47. The molecule has 0 radical (unpaired) electrons. The van der Waals surface area contributed by atoms with Crippen molar-refractivity contribution < 1.29 is 9.53 Å². The van der Waals surface area contributed by atoms with Gasteiger partial charge in [-0.05, 0) is 61.1 Å². The molecule has 0 aliphatic heterocycles. The lowest BCUT2D eigenvalue weighted by molar-refractivity contribution is 0.0999. The number of hydrogen-bond acceptors (Lipinski definition) is 4. The highest BCUT2D eigenvalue weighted by molar-refractivity contribution is 6.04. The molecule has 1 fully saturated rings. The number of nitrogens with zero attached hydrogens (tertiary/aromatic N) is 2. The zero-order valence-electron chi connectivity index (χ0n) is 16.9. The van der Waals surface area contributed by atoms with Crippen LogP contribution in [0.15, 0.2) is 41.5 Å². The molecule has 1 aliphatic rings. The van der Waals surface area contributed by atoms with Crippen molar-refractivity contribution in [1.82, 2.24) is 14.5 Å². The van der Waals surface area contributed by atoms with Crippen LogP contribution in [0, 0.1) is 0 Å². The molecule has 3 aromatic heterocycles. The Bertz CT molecular complexity index is 1380. The normalized spacial score (nSPS) is 13.8. The van der Waals surface area contributed by atoms with Gasteiger partial charge in [-0.3, -0.25) is 9.59 Å². The number of aryl methyl sites for hydroxylation is 1. The predicted molar refractivity (Wildman–Crippen MR) is 116 cm³/mol. The number of rotatable bonds is 5. The summed E-state index contributed by atoms with van der Waals surface area (Å²) in [6.45, 7) is 2.46. The molecule has 7 heteroatoms. The van der Waals surface area contributed by atoms with E-state index in [9.17, 15) is 9.59 Å². The highest BCUT2D eigenvalue weighted by atomic mass is 16.5. The Balaban J connectivity index is 1.89. The van der Waals surface area contributed by atoms with Crippen LogP contribution in [0.25, 0.3) is 33.1 Å². The minimum atomic E-state index is -0.510. The zero-order chi connectivity index (χ0) is 21.0. The van der Waals surface area contributed by atoms with Crippen LogP contribution in [0.4, 0.5) is 0 Å². The number of methoxy groups -OCH3 is 1. The summed E-state index contributed by atoms with van der Waals surface area (Å²) >= 11 is 0. The van der Waals surface area contributed by atoms with Gasteiger partial charge in [-0.1, -0.05) is 0 Å². The van der Waals surface area contributed by atoms with E-state index in [4.69, 9.17) is 10.5 Å². The van der Waals surface area contributed by atoms with E-state index in [1.54, 1.807) is 16.8 Å². The number of amides is 1. The summed E-state index contributed by atoms with van der Waals surface area (Å²) < 4.78 is 7.19. The summed E-state index contributed by atoms with van der Waals surface area (Å²) in [5, 5.41) is 1.77. The van der Waals surface area contributed by atoms with E-state index in [-0.39, 0.29) is 11.5 Å². The second-order valence-corrected chi connectivity index (χ2v) is 7.68. The van der Waals surface area contributed by atoms with Crippen molar-refractivity contribution in [3.63, 3.8) is 0 Å². The number of primary amides is 1. The van der Waals surface area contributed by atoms with E-state index >= 15 is 0 Å². The first-order chi connectivity index (χ1) is 14.5. The SMILES string of the molecule is CCn1c(=O)c(-c2cc(OC)cc(C(N)=O)c2C2CC2)cc2cnc3[nH]ccc3c21. The molecule has 1 aromatic carbocycles. The molecule has 3 N–H and O–H groups in total. The second kappa shape index (κ2) is 6.73. The third-order valence-corrected chi connectivity index (χ3v) is 5.88. The Hall–Kier alpha value is -3.61. The van der Waals surface area contributed by atoms with Gasteiger partial charge >= 0.3 is 0 Å². The standard InChI is InChI=1S/C23H22N4O3/c1-3-27-20-13(11-26-22-15(20)6-7-25-22)8-17(23(27)29)16-9-14(30-2)10-18(21(24)28)19(16)12-4-5-12/h6-12H,3-5H2,1-2H3,(H2,24,28)(H,25,26). The van der Waals surface area contributed by atoms with Gasteiger partial charge in [0.05, 0.1) is 12.6 Å². The molecule has 5 rings (SSSR count). The fourth-order valence-electron chi connectivity index (χ4n) is 4.36. The summed E-state index contributed by atoms with van der Waals surface area (Å²) in [6, 6.07) is 7.31. The smallest absolute Gasteiger partial charge is 0.258 e. The molecule has 0 atom stereocenters. The number of H-pyrrole nitrogens is 1. The van der Waals surface area contributed by atoms with Crippen LogP contribution in [0.5, 0.6) is 5.75 Å². The Labute approximate surface area is 172 Å². The number of carbonyl (C=O) groups excluding carboxylic acids is 1. The fourth-order valence-corrected chi connectivity index (χ4v) is 4.36. The Morgan fingerprint density at radius 2 is 2.10 bits per heavy atom. The van der Waals surface area contributed by atoms with Crippen molar-refractivity contribution in [3.8, 4) is 16.9 Å². The summed E-state index contributed by atoms with van der Waals surface area (Å²) in [5.74, 6) is 0.221. The van der Waals surface area contributed by atoms with Gasteiger partial charge in [0.1, 0.15) is 11.4 Å². The number of hydrogen-bond donors (Lipinski definition) is 2. The first-order valence-electron chi connectivity index (χ1n) is 10.0. The summed E-state index contributed by atoms with van der Waals surface area (Å²) in [4.78, 5) is 33.4. The van der Waals surface area contributed by atoms with Gasteiger partial charge in [0, 0.05) is 40.8 Å². The molecule has 1 amide bonds. The summed E-state index contributed by atoms with van der Waals surface area (Å²) in [6.07, 6.45) is 5.54. The van der Waals surface area contributed by atoms with Crippen LogP contribution in [0.1, 0.15) is 41.6 Å². The van der Waals surface area contributed by atoms with E-state index in [1.807, 2.05) is 31.3 Å². The van der Waals surface area contributed by atoms with Gasteiger partial charge < -0.3 is 20.0 Å². The number of nitrogens with one attached hydrogen (secondary N) is 1. The van der Waals surface area contributed by atoms with E-state index in [2.05, 4.69) is 9.97 Å². The first kappa shape index (κ1) is 18.4. The van der Waals surface area contributed by atoms with E-state index in [0.717, 1.165) is 40.3 Å². The molecule has 152 valence electrons. The van der Waals surface area contributed by atoms with E-state index in [0.29, 0.717) is 29.0 Å². The van der Waals surface area contributed by atoms with Gasteiger partial charge in [0.2, 0.25) is 5.91 Å². The van der Waals surface area contributed by atoms with Gasteiger partial charge in [-0.2, -0.15) is 0 Å². The Morgan fingerprint density at radius 3 is 2.77 bits per heavy atom. The molecule has 30 heavy (non-hydrogen) atoms. The number of pyridine rings is 2. The van der Waals surface area contributed by atoms with Gasteiger partial charge in [-0.25, -0.2) is 4.98 Å². The molecular formula is C23H22N4O3. The predicted octanol–water partition coefficient (Wildman–Crippen LogP) is 3.55. The average Bonchev–Trinajstić information content (AvgIpc) is 3.48. The monoisotopic (exact) mass is 402 g/mol. The third kappa shape index (κ3) is 2.69. The van der Waals surface area contributed by atoms with Gasteiger partial charge in [-0.15, -0.1) is 0 Å². The molecule has 0 bridgehead atoms. The van der Waals surface area contributed by atoms with E-state index < -0.39 is 5.91 Å². The Kier molecular flexibility index (Phi) is 4.13. The number of aromatic amines is 1. The molecule has 0 spiro atoms. The van der Waals surface area contributed by atoms with Crippen LogP contribution in [-0.2, 0) is 6.54 Å². The molecule has 1 aliphatic carbocycles. The summed E-state index contributed by atoms with van der Waals surface area (Å²) in [7, 11) is 1.54. The molecule has 1 saturated carbocycles. The minimum absolute atomic E-state index is 0.107. The number of aromatic nitrogens is 3. The van der Waals surface area contributed by atoms with Crippen LogP contribution in [0.3, 0.4) is 0 Å². The topological polar surface area (TPSA) is 103 Å². The van der Waals surface area contributed by atoms with Crippen molar-refractivity contribution >= 4 is 27.8 Å². The zero-order valence-corrected chi connectivity index (χ0v) is 16.9. The number of nitrogens with two attached hydrogens (primary N) is 1. The first-order valence-corrected chi connectivity index (χ1v) is 10.0. The lowest BCUT2D eigenvalue weighted by Crippen LogP contribution is -2.23. The number of fused-ring (bicyclic) bond motifs is 3. The van der Waals surface area contributed by atoms with E-state index in [1.165, 1.54) is 7.11 Å². The van der Waals surface area contributed by atoms with Crippen LogP contribution in [-0.4, -0.2) is 27.6 Å². The van der Waals surface area contributed by atoms with Crippen molar-refractivity contribution in [1.29, 1.82) is 0 Å². The lowest BCUT2D eigenvalue weighted by atomic mass is 9.91. The maximum atomic E-state index is 13.6. The Morgan fingerprint density at radius 1 is 1.30 bits per heavy atom. The molecular weight excluding hydrogens is 380 g/mol. The molecule has 3 heterocycles. The molecule has 7 nitrogen and oxygen atoms in total. The van der Waals surface area contributed by atoms with Crippen LogP contribution in [0.2, 0.25) is 0 Å². The minimum Gasteiger partial charge on any atom is -0.497 e. The third-order valence-electron chi connectivity index (χ3n) is 5.88. The van der Waals surface area contributed by atoms with Crippen LogP contribution < -0.4 is 16.0 Å². The number of carbonyl (C=O) groups is 1. The van der Waals surface area contributed by atoms with Crippen molar-refractivity contribution in [2.45, 2.75) is 32.2 Å². The van der Waals surface area contributed by atoms with Crippen molar-refractivity contribution in [2.75, 3.05) is 7.11 Å². The molecule has 0 unspecified atom stereocenters. The largest absolute Gasteiger partial charge is 0.497 e. The van der Waals surface area contributed by atoms with Crippen molar-refractivity contribution in [2.24, 2.45) is 5.73 Å². The van der Waals surface area contributed by atoms with Crippen LogP contribution >= 0.6 is 0 Å². The number of benzene rings is 1. The maximum Gasteiger partial charge on any atom is 0.258 e. The molecule has 0 saturated heterocycles. The lowest BCUT2D eigenvalue weighted by Gasteiger charge is -2.17. The molecule has 4 aromatic rings. The van der Waals surface area contributed by atoms with Gasteiger partial charge in [0.25, 0.3) is 5.56 Å². The summed E-state index contributed by atoms with van der Waals surface area (Å²) in [5.41, 5.74) is 9.70. The van der Waals surface area contributed by atoms with Crippen molar-refractivity contribution in [3.05, 3.63) is 58.1 Å². The maximum absolute atomic E-state index is 13.6. The average molecular weight is 402 g/mol. The van der Waals surface area contributed by atoms with Gasteiger partial charge in [0.15, 0.2) is 0 Å².